The van der Waals surface area contributed by atoms with Crippen LogP contribution < -0.4 is 19.7 Å². The number of carbonyl (C=O) groups is 1. The van der Waals surface area contributed by atoms with Gasteiger partial charge in [0.1, 0.15) is 11.5 Å². The minimum Gasteiger partial charge on any atom is -0.497 e. The first-order valence-electron chi connectivity index (χ1n) is 11.5. The van der Waals surface area contributed by atoms with Crippen LogP contribution in [0.15, 0.2) is 83.0 Å². The highest BCUT2D eigenvalue weighted by Crippen LogP contribution is 2.39. The van der Waals surface area contributed by atoms with Gasteiger partial charge in [0, 0.05) is 11.3 Å². The van der Waals surface area contributed by atoms with Crippen molar-refractivity contribution in [3.05, 3.63) is 95.5 Å². The van der Waals surface area contributed by atoms with E-state index >= 15 is 0 Å². The van der Waals surface area contributed by atoms with Gasteiger partial charge in [-0.05, 0) is 67.9 Å². The molecule has 1 N–H and O–H groups in total. The number of amides is 2. The van der Waals surface area contributed by atoms with Crippen LogP contribution >= 0.6 is 0 Å². The van der Waals surface area contributed by atoms with Crippen molar-refractivity contribution in [3.8, 4) is 22.9 Å². The van der Waals surface area contributed by atoms with E-state index in [9.17, 15) is 4.79 Å². The predicted octanol–water partition coefficient (Wildman–Crippen LogP) is 5.76. The highest BCUT2D eigenvalue weighted by Gasteiger charge is 2.36. The maximum absolute atomic E-state index is 13.3. The number of carbonyl (C=O) groups excluding carboxylic acids is 1. The molecule has 0 radical (unpaired) electrons. The molecule has 8 nitrogen and oxygen atoms in total. The lowest BCUT2D eigenvalue weighted by Crippen LogP contribution is -2.46. The Morgan fingerprint density at radius 2 is 1.47 bits per heavy atom. The van der Waals surface area contributed by atoms with Gasteiger partial charge in [-0.1, -0.05) is 35.0 Å². The van der Waals surface area contributed by atoms with Crippen molar-refractivity contribution >= 4 is 17.3 Å². The lowest BCUT2D eigenvalue weighted by Gasteiger charge is -2.35. The molecule has 36 heavy (non-hydrogen) atoms. The monoisotopic (exact) mass is 482 g/mol. The Hall–Kier alpha value is -4.59. The highest BCUT2D eigenvalue weighted by atomic mass is 16.5. The largest absolute Gasteiger partial charge is 0.497 e. The van der Waals surface area contributed by atoms with Crippen molar-refractivity contribution in [2.24, 2.45) is 0 Å². The van der Waals surface area contributed by atoms with Crippen LogP contribution in [-0.4, -0.2) is 30.4 Å². The van der Waals surface area contributed by atoms with Crippen LogP contribution in [0.1, 0.15) is 30.0 Å². The predicted molar refractivity (Wildman–Crippen MR) is 137 cm³/mol. The van der Waals surface area contributed by atoms with Crippen molar-refractivity contribution in [1.29, 1.82) is 0 Å². The van der Waals surface area contributed by atoms with Crippen LogP contribution in [0.25, 0.3) is 17.0 Å². The summed E-state index contributed by atoms with van der Waals surface area (Å²) in [6, 6.07) is 22.1. The number of hydrogen-bond donors (Lipinski definition) is 1. The fourth-order valence-corrected chi connectivity index (χ4v) is 4.26. The lowest BCUT2D eigenvalue weighted by atomic mass is 9.94. The molecule has 4 aromatic rings. The number of urea groups is 1. The fraction of sp³-hybridized carbons (Fsp3) is 0.179. The van der Waals surface area contributed by atoms with Gasteiger partial charge in [0.15, 0.2) is 0 Å². The Bertz CT molecular complexity index is 1410. The van der Waals surface area contributed by atoms with Crippen molar-refractivity contribution in [1.82, 2.24) is 15.5 Å². The van der Waals surface area contributed by atoms with Crippen LogP contribution in [0.4, 0.5) is 10.5 Å². The molecular formula is C28H26N4O4. The maximum atomic E-state index is 13.3. The highest BCUT2D eigenvalue weighted by molar-refractivity contribution is 6.01. The quantitative estimate of drug-likeness (QED) is 0.376. The molecule has 1 unspecified atom stereocenters. The Morgan fingerprint density at radius 3 is 2.08 bits per heavy atom. The molecule has 5 rings (SSSR count). The zero-order valence-electron chi connectivity index (χ0n) is 20.5. The Morgan fingerprint density at radius 1 is 0.861 bits per heavy atom. The molecule has 0 saturated heterocycles. The van der Waals surface area contributed by atoms with Gasteiger partial charge in [0.05, 0.1) is 31.5 Å². The van der Waals surface area contributed by atoms with E-state index in [-0.39, 0.29) is 6.03 Å². The first kappa shape index (κ1) is 23.2. The van der Waals surface area contributed by atoms with Crippen LogP contribution in [0.2, 0.25) is 0 Å². The van der Waals surface area contributed by atoms with E-state index in [1.54, 1.807) is 19.1 Å². The molecule has 3 aromatic carbocycles. The van der Waals surface area contributed by atoms with Crippen LogP contribution in [0, 0.1) is 6.92 Å². The molecule has 1 aliphatic rings. The van der Waals surface area contributed by atoms with E-state index < -0.39 is 6.04 Å². The number of methoxy groups -OCH3 is 2. The molecule has 1 aliphatic heterocycles. The maximum Gasteiger partial charge on any atom is 0.326 e. The van der Waals surface area contributed by atoms with Crippen molar-refractivity contribution in [3.63, 3.8) is 0 Å². The van der Waals surface area contributed by atoms with E-state index in [0.717, 1.165) is 28.0 Å². The molecule has 1 aromatic heterocycles. The second kappa shape index (κ2) is 9.58. The van der Waals surface area contributed by atoms with Gasteiger partial charge < -0.3 is 19.3 Å². The second-order valence-corrected chi connectivity index (χ2v) is 8.48. The SMILES string of the molecule is COc1ccc(-c2noc(C3=C(C)N(c4ccc(OC)cc4)C(=O)NC3c3ccc(C)cc3)n2)cc1. The number of allylic oxidation sites excluding steroid dienone is 1. The average molecular weight is 483 g/mol. The number of aromatic nitrogens is 2. The van der Waals surface area contributed by atoms with Crippen molar-refractivity contribution in [2.75, 3.05) is 19.1 Å². The first-order chi connectivity index (χ1) is 17.5. The second-order valence-electron chi connectivity index (χ2n) is 8.48. The summed E-state index contributed by atoms with van der Waals surface area (Å²) < 4.78 is 16.3. The number of rotatable bonds is 6. The van der Waals surface area contributed by atoms with E-state index in [0.29, 0.717) is 28.8 Å². The van der Waals surface area contributed by atoms with Gasteiger partial charge in [0.25, 0.3) is 5.89 Å². The number of benzene rings is 3. The smallest absolute Gasteiger partial charge is 0.326 e. The molecule has 0 aliphatic carbocycles. The molecule has 182 valence electrons. The normalized spacial score (nSPS) is 15.6. The minimum absolute atomic E-state index is 0.248. The fourth-order valence-electron chi connectivity index (χ4n) is 4.26. The van der Waals surface area contributed by atoms with Gasteiger partial charge >= 0.3 is 6.03 Å². The number of anilines is 1. The molecule has 0 fully saturated rings. The van der Waals surface area contributed by atoms with E-state index in [1.807, 2.05) is 86.6 Å². The standard InChI is InChI=1S/C28H26N4O4/c1-17-5-7-19(8-6-17)25-24(27-30-26(31-36-27)20-9-13-22(34-3)14-10-20)18(2)32(28(33)29-25)21-11-15-23(35-4)16-12-21/h5-16,25H,1-4H3,(H,29,33). The first-order valence-corrected chi connectivity index (χ1v) is 11.5. The van der Waals surface area contributed by atoms with Gasteiger partial charge in [-0.15, -0.1) is 0 Å². The third kappa shape index (κ3) is 4.29. The minimum atomic E-state index is -0.461. The molecule has 8 heteroatoms. The van der Waals surface area contributed by atoms with Gasteiger partial charge in [-0.25, -0.2) is 4.79 Å². The summed E-state index contributed by atoms with van der Waals surface area (Å²) in [5, 5.41) is 7.35. The Labute approximate surface area is 209 Å². The summed E-state index contributed by atoms with van der Waals surface area (Å²) in [7, 11) is 3.22. The van der Waals surface area contributed by atoms with Crippen LogP contribution in [0.5, 0.6) is 11.5 Å². The number of nitrogens with zero attached hydrogens (tertiary/aromatic N) is 3. The Balaban J connectivity index is 1.61. The van der Waals surface area contributed by atoms with Crippen molar-refractivity contribution < 1.29 is 18.8 Å². The van der Waals surface area contributed by atoms with Crippen LogP contribution in [-0.2, 0) is 0 Å². The molecular weight excluding hydrogens is 456 g/mol. The van der Waals surface area contributed by atoms with Gasteiger partial charge in [-0.2, -0.15) is 4.98 Å². The third-order valence-electron chi connectivity index (χ3n) is 6.23. The Kier molecular flexibility index (Phi) is 6.16. The number of aryl methyl sites for hydroxylation is 1. The topological polar surface area (TPSA) is 89.7 Å². The molecule has 2 heterocycles. The molecule has 0 spiro atoms. The molecule has 2 amide bonds. The summed E-state index contributed by atoms with van der Waals surface area (Å²) in [4.78, 5) is 19.7. The van der Waals surface area contributed by atoms with Crippen molar-refractivity contribution in [2.45, 2.75) is 19.9 Å². The third-order valence-corrected chi connectivity index (χ3v) is 6.23. The van der Waals surface area contributed by atoms with Gasteiger partial charge in [-0.3, -0.25) is 4.90 Å². The zero-order valence-corrected chi connectivity index (χ0v) is 20.5. The summed E-state index contributed by atoms with van der Waals surface area (Å²) in [6.07, 6.45) is 0. The number of nitrogens with one attached hydrogen (secondary N) is 1. The van der Waals surface area contributed by atoms with E-state index in [4.69, 9.17) is 19.0 Å². The summed E-state index contributed by atoms with van der Waals surface area (Å²) in [6.45, 7) is 3.91. The molecule has 0 saturated carbocycles. The average Bonchev–Trinajstić information content (AvgIpc) is 3.39. The zero-order chi connectivity index (χ0) is 25.2. The van der Waals surface area contributed by atoms with E-state index in [2.05, 4.69) is 10.5 Å². The number of ether oxygens (including phenoxy) is 2. The molecule has 0 bridgehead atoms. The van der Waals surface area contributed by atoms with Gasteiger partial charge in [0.2, 0.25) is 5.82 Å². The van der Waals surface area contributed by atoms with Crippen LogP contribution in [0.3, 0.4) is 0 Å². The summed E-state index contributed by atoms with van der Waals surface area (Å²) in [5.41, 5.74) is 4.95. The lowest BCUT2D eigenvalue weighted by molar-refractivity contribution is 0.244. The van der Waals surface area contributed by atoms with E-state index in [1.165, 1.54) is 0 Å². The number of hydrogen-bond acceptors (Lipinski definition) is 6. The summed E-state index contributed by atoms with van der Waals surface area (Å²) >= 11 is 0. The summed E-state index contributed by atoms with van der Waals surface area (Å²) in [5.74, 6) is 2.23. The molecule has 1 atom stereocenters.